The van der Waals surface area contributed by atoms with Crippen LogP contribution < -0.4 is 5.73 Å². The first kappa shape index (κ1) is 15.7. The lowest BCUT2D eigenvalue weighted by molar-refractivity contribution is 0.174. The number of nitrogens with two attached hydrogens (primary N) is 1. The first-order valence-corrected chi connectivity index (χ1v) is 7.43. The monoisotopic (exact) mass is 286 g/mol. The Bertz CT molecular complexity index is 559. The van der Waals surface area contributed by atoms with Crippen molar-refractivity contribution in [2.24, 2.45) is 11.1 Å². The zero-order valence-electron chi connectivity index (χ0n) is 13.5. The highest BCUT2D eigenvalue weighted by atomic mass is 15.3. The molecule has 2 rings (SSSR count). The van der Waals surface area contributed by atoms with Crippen LogP contribution in [-0.4, -0.2) is 34.8 Å². The maximum absolute atomic E-state index is 5.83. The Kier molecular flexibility index (Phi) is 4.80. The van der Waals surface area contributed by atoms with Crippen LogP contribution in [-0.2, 0) is 0 Å². The molecule has 1 heterocycles. The summed E-state index contributed by atoms with van der Waals surface area (Å²) in [5.41, 5.74) is 8.25. The quantitative estimate of drug-likeness (QED) is 0.888. The van der Waals surface area contributed by atoms with E-state index in [9.17, 15) is 0 Å². The number of hydrogen-bond donors (Lipinski definition) is 1. The first-order valence-electron chi connectivity index (χ1n) is 7.43. The third kappa shape index (κ3) is 3.93. The van der Waals surface area contributed by atoms with Crippen LogP contribution in [0.15, 0.2) is 42.7 Å². The minimum absolute atomic E-state index is 0.123. The second kappa shape index (κ2) is 6.41. The standard InChI is InChI=1S/C17H26N4/c1-14(20(4)13-17(2,3)12-18)15-10-19-21(11-15)16-8-6-5-7-9-16/h5-11,14H,12-13,18H2,1-4H3. The van der Waals surface area contributed by atoms with Gasteiger partial charge in [0.05, 0.1) is 11.9 Å². The number of nitrogens with zero attached hydrogens (tertiary/aromatic N) is 3. The highest BCUT2D eigenvalue weighted by Gasteiger charge is 2.22. The molecular weight excluding hydrogens is 260 g/mol. The molecule has 114 valence electrons. The Balaban J connectivity index is 2.10. The Morgan fingerprint density at radius 3 is 2.57 bits per heavy atom. The molecule has 0 amide bonds. The van der Waals surface area contributed by atoms with Gasteiger partial charge in [-0.25, -0.2) is 4.68 Å². The summed E-state index contributed by atoms with van der Waals surface area (Å²) in [5, 5.41) is 4.47. The SMILES string of the molecule is CC(c1cnn(-c2ccccc2)c1)N(C)CC(C)(C)CN. The van der Waals surface area contributed by atoms with E-state index in [0.29, 0.717) is 12.6 Å². The summed E-state index contributed by atoms with van der Waals surface area (Å²) in [7, 11) is 2.14. The van der Waals surface area contributed by atoms with Crippen LogP contribution in [0, 0.1) is 5.41 Å². The summed E-state index contributed by atoms with van der Waals surface area (Å²) in [6.45, 7) is 8.25. The molecule has 0 aliphatic rings. The van der Waals surface area contributed by atoms with E-state index in [0.717, 1.165) is 12.2 Å². The molecule has 0 aliphatic carbocycles. The van der Waals surface area contributed by atoms with Gasteiger partial charge in [-0.2, -0.15) is 5.10 Å². The van der Waals surface area contributed by atoms with Crippen molar-refractivity contribution in [3.63, 3.8) is 0 Å². The zero-order chi connectivity index (χ0) is 15.5. The Morgan fingerprint density at radius 1 is 1.29 bits per heavy atom. The van der Waals surface area contributed by atoms with Gasteiger partial charge in [-0.3, -0.25) is 4.90 Å². The largest absolute Gasteiger partial charge is 0.330 e. The van der Waals surface area contributed by atoms with Crippen molar-refractivity contribution in [1.82, 2.24) is 14.7 Å². The van der Waals surface area contributed by atoms with E-state index in [2.05, 4.69) is 56.1 Å². The van der Waals surface area contributed by atoms with Crippen LogP contribution in [0.25, 0.3) is 5.69 Å². The number of benzene rings is 1. The second-order valence-corrected chi connectivity index (χ2v) is 6.51. The van der Waals surface area contributed by atoms with Gasteiger partial charge in [0.25, 0.3) is 0 Å². The molecule has 0 spiro atoms. The van der Waals surface area contributed by atoms with E-state index in [1.165, 1.54) is 5.56 Å². The van der Waals surface area contributed by atoms with Crippen molar-refractivity contribution in [2.75, 3.05) is 20.1 Å². The fourth-order valence-electron chi connectivity index (χ4n) is 2.41. The van der Waals surface area contributed by atoms with Crippen molar-refractivity contribution in [3.05, 3.63) is 48.3 Å². The summed E-state index contributed by atoms with van der Waals surface area (Å²) in [6, 6.07) is 10.5. The Hall–Kier alpha value is -1.65. The molecule has 1 unspecified atom stereocenters. The average molecular weight is 286 g/mol. The van der Waals surface area contributed by atoms with E-state index >= 15 is 0 Å². The molecule has 4 nitrogen and oxygen atoms in total. The molecule has 0 fully saturated rings. The molecule has 2 aromatic rings. The Labute approximate surface area is 127 Å². The number of hydrogen-bond acceptors (Lipinski definition) is 3. The van der Waals surface area contributed by atoms with Gasteiger partial charge >= 0.3 is 0 Å². The van der Waals surface area contributed by atoms with Crippen LogP contribution in [0.1, 0.15) is 32.4 Å². The van der Waals surface area contributed by atoms with Crippen LogP contribution >= 0.6 is 0 Å². The molecule has 0 aliphatic heterocycles. The lowest BCUT2D eigenvalue weighted by Gasteiger charge is -2.32. The van der Waals surface area contributed by atoms with E-state index < -0.39 is 0 Å². The molecule has 1 aromatic carbocycles. The van der Waals surface area contributed by atoms with Gasteiger partial charge in [0.1, 0.15) is 0 Å². The number of aromatic nitrogens is 2. The molecule has 1 aromatic heterocycles. The smallest absolute Gasteiger partial charge is 0.0645 e. The normalized spacial score (nSPS) is 13.6. The predicted octanol–water partition coefficient (Wildman–Crippen LogP) is 2.85. The molecular formula is C17H26N4. The fraction of sp³-hybridized carbons (Fsp3) is 0.471. The van der Waals surface area contributed by atoms with Gasteiger partial charge in [-0.1, -0.05) is 32.0 Å². The lowest BCUT2D eigenvalue weighted by Crippen LogP contribution is -2.37. The number of para-hydroxylation sites is 1. The van der Waals surface area contributed by atoms with Gasteiger partial charge in [0.15, 0.2) is 0 Å². The van der Waals surface area contributed by atoms with Crippen molar-refractivity contribution in [3.8, 4) is 5.69 Å². The summed E-state index contributed by atoms with van der Waals surface area (Å²) in [6.07, 6.45) is 4.05. The predicted molar refractivity (Wildman–Crippen MR) is 87.4 cm³/mol. The van der Waals surface area contributed by atoms with Crippen LogP contribution in [0.5, 0.6) is 0 Å². The molecule has 0 saturated carbocycles. The molecule has 21 heavy (non-hydrogen) atoms. The van der Waals surface area contributed by atoms with E-state index in [4.69, 9.17) is 5.73 Å². The minimum atomic E-state index is 0.123. The van der Waals surface area contributed by atoms with Crippen LogP contribution in [0.2, 0.25) is 0 Å². The minimum Gasteiger partial charge on any atom is -0.330 e. The second-order valence-electron chi connectivity index (χ2n) is 6.51. The molecule has 0 radical (unpaired) electrons. The van der Waals surface area contributed by atoms with Crippen molar-refractivity contribution in [2.45, 2.75) is 26.8 Å². The molecule has 0 saturated heterocycles. The van der Waals surface area contributed by atoms with Gasteiger partial charge < -0.3 is 5.73 Å². The summed E-state index contributed by atoms with van der Waals surface area (Å²) in [4.78, 5) is 2.33. The summed E-state index contributed by atoms with van der Waals surface area (Å²) >= 11 is 0. The topological polar surface area (TPSA) is 47.1 Å². The summed E-state index contributed by atoms with van der Waals surface area (Å²) in [5.74, 6) is 0. The van der Waals surface area contributed by atoms with E-state index in [-0.39, 0.29) is 5.41 Å². The average Bonchev–Trinajstić information content (AvgIpc) is 2.96. The zero-order valence-corrected chi connectivity index (χ0v) is 13.5. The Morgan fingerprint density at radius 2 is 1.95 bits per heavy atom. The van der Waals surface area contributed by atoms with Crippen molar-refractivity contribution < 1.29 is 0 Å². The van der Waals surface area contributed by atoms with Gasteiger partial charge in [0, 0.05) is 24.3 Å². The molecule has 2 N–H and O–H groups in total. The summed E-state index contributed by atoms with van der Waals surface area (Å²) < 4.78 is 1.92. The van der Waals surface area contributed by atoms with Gasteiger partial charge in [-0.05, 0) is 38.1 Å². The maximum atomic E-state index is 5.83. The van der Waals surface area contributed by atoms with Crippen LogP contribution in [0.3, 0.4) is 0 Å². The van der Waals surface area contributed by atoms with Crippen LogP contribution in [0.4, 0.5) is 0 Å². The highest BCUT2D eigenvalue weighted by molar-refractivity contribution is 5.31. The molecule has 4 heteroatoms. The maximum Gasteiger partial charge on any atom is 0.0645 e. The van der Waals surface area contributed by atoms with Gasteiger partial charge in [0.2, 0.25) is 0 Å². The number of rotatable bonds is 6. The fourth-order valence-corrected chi connectivity index (χ4v) is 2.41. The lowest BCUT2D eigenvalue weighted by atomic mass is 9.92. The van der Waals surface area contributed by atoms with Gasteiger partial charge in [-0.15, -0.1) is 0 Å². The van der Waals surface area contributed by atoms with E-state index in [1.54, 1.807) is 0 Å². The van der Waals surface area contributed by atoms with Crippen molar-refractivity contribution >= 4 is 0 Å². The third-order valence-corrected chi connectivity index (χ3v) is 4.00. The third-order valence-electron chi connectivity index (χ3n) is 4.00. The van der Waals surface area contributed by atoms with Crippen molar-refractivity contribution in [1.29, 1.82) is 0 Å². The molecule has 0 bridgehead atoms. The highest BCUT2D eigenvalue weighted by Crippen LogP contribution is 2.23. The first-order chi connectivity index (χ1) is 9.93. The van der Waals surface area contributed by atoms with E-state index in [1.807, 2.05) is 29.1 Å². The molecule has 1 atom stereocenters.